The fourth-order valence-corrected chi connectivity index (χ4v) is 2.41. The molecule has 0 heterocycles. The Kier molecular flexibility index (Phi) is 2.59. The summed E-state index contributed by atoms with van der Waals surface area (Å²) in [6.07, 6.45) is 0. The van der Waals surface area contributed by atoms with E-state index < -0.39 is 7.60 Å². The SMILES string of the molecule is NOP(=O)(O)c1cccc2ccccc12. The summed E-state index contributed by atoms with van der Waals surface area (Å²) in [6, 6.07) is 12.4. The zero-order chi connectivity index (χ0) is 10.9. The normalized spacial score (nSPS) is 15.1. The second-order valence-corrected chi connectivity index (χ2v) is 4.86. The summed E-state index contributed by atoms with van der Waals surface area (Å²) in [7, 11) is -3.89. The van der Waals surface area contributed by atoms with Gasteiger partial charge < -0.3 is 4.89 Å². The Hall–Kier alpha value is -1.19. The minimum atomic E-state index is -3.89. The maximum Gasteiger partial charge on any atom is 0.375 e. The second-order valence-electron chi connectivity index (χ2n) is 3.12. The number of fused-ring (bicyclic) bond motifs is 1. The first-order chi connectivity index (χ1) is 7.15. The van der Waals surface area contributed by atoms with Gasteiger partial charge in [0.1, 0.15) is 0 Å². The molecule has 5 heteroatoms. The molecular formula is C10H10NO3P. The quantitative estimate of drug-likeness (QED) is 0.598. The van der Waals surface area contributed by atoms with E-state index in [-0.39, 0.29) is 5.30 Å². The van der Waals surface area contributed by atoms with Crippen LogP contribution < -0.4 is 11.2 Å². The van der Waals surface area contributed by atoms with Crippen molar-refractivity contribution in [1.82, 2.24) is 0 Å². The number of nitrogens with two attached hydrogens (primary N) is 1. The Morgan fingerprint density at radius 1 is 1.13 bits per heavy atom. The van der Waals surface area contributed by atoms with Gasteiger partial charge in [-0.15, -0.1) is 0 Å². The molecule has 4 nitrogen and oxygen atoms in total. The Labute approximate surface area is 86.8 Å². The van der Waals surface area contributed by atoms with Crippen LogP contribution in [0.15, 0.2) is 42.5 Å². The van der Waals surface area contributed by atoms with Crippen LogP contribution >= 0.6 is 7.60 Å². The van der Waals surface area contributed by atoms with Crippen molar-refractivity contribution in [3.05, 3.63) is 42.5 Å². The molecule has 0 saturated carbocycles. The zero-order valence-corrected chi connectivity index (χ0v) is 8.72. The predicted molar refractivity (Wildman–Crippen MR) is 58.7 cm³/mol. The highest BCUT2D eigenvalue weighted by molar-refractivity contribution is 7.61. The Bertz CT molecular complexity index is 536. The van der Waals surface area contributed by atoms with E-state index in [0.717, 1.165) is 5.39 Å². The highest BCUT2D eigenvalue weighted by Crippen LogP contribution is 2.40. The monoisotopic (exact) mass is 223 g/mol. The van der Waals surface area contributed by atoms with E-state index in [1.807, 2.05) is 18.2 Å². The van der Waals surface area contributed by atoms with E-state index in [0.29, 0.717) is 5.39 Å². The average Bonchev–Trinajstić information content (AvgIpc) is 2.28. The van der Waals surface area contributed by atoms with Crippen LogP contribution in [-0.4, -0.2) is 4.89 Å². The van der Waals surface area contributed by atoms with Gasteiger partial charge in [-0.25, -0.2) is 10.5 Å². The van der Waals surface area contributed by atoms with Crippen molar-refractivity contribution in [2.45, 2.75) is 0 Å². The zero-order valence-electron chi connectivity index (χ0n) is 7.83. The van der Waals surface area contributed by atoms with Crippen LogP contribution in [0.5, 0.6) is 0 Å². The Morgan fingerprint density at radius 3 is 2.53 bits per heavy atom. The molecule has 0 aliphatic carbocycles. The molecule has 2 rings (SSSR count). The number of benzene rings is 2. The van der Waals surface area contributed by atoms with Crippen molar-refractivity contribution >= 4 is 23.7 Å². The molecule has 0 spiro atoms. The minimum absolute atomic E-state index is 0.225. The van der Waals surface area contributed by atoms with Gasteiger partial charge in [-0.1, -0.05) is 36.4 Å². The lowest BCUT2D eigenvalue weighted by Crippen LogP contribution is -2.11. The molecule has 0 aliphatic rings. The summed E-state index contributed by atoms with van der Waals surface area (Å²) in [5.41, 5.74) is 0. The van der Waals surface area contributed by atoms with Gasteiger partial charge in [0.15, 0.2) is 0 Å². The van der Waals surface area contributed by atoms with E-state index in [2.05, 4.69) is 4.62 Å². The third kappa shape index (κ3) is 1.80. The predicted octanol–water partition coefficient (Wildman–Crippen LogP) is 1.54. The summed E-state index contributed by atoms with van der Waals surface area (Å²) >= 11 is 0. The van der Waals surface area contributed by atoms with Gasteiger partial charge in [0, 0.05) is 0 Å². The van der Waals surface area contributed by atoms with Gasteiger partial charge in [-0.2, -0.15) is 0 Å². The van der Waals surface area contributed by atoms with Crippen LogP contribution in [-0.2, 0) is 9.19 Å². The molecule has 2 aromatic rings. The van der Waals surface area contributed by atoms with Crippen LogP contribution in [0.25, 0.3) is 10.8 Å². The van der Waals surface area contributed by atoms with Crippen molar-refractivity contribution in [3.8, 4) is 0 Å². The van der Waals surface area contributed by atoms with Crippen molar-refractivity contribution in [3.63, 3.8) is 0 Å². The molecule has 0 aromatic heterocycles. The van der Waals surface area contributed by atoms with Gasteiger partial charge in [0.05, 0.1) is 5.30 Å². The number of hydrogen-bond donors (Lipinski definition) is 2. The summed E-state index contributed by atoms with van der Waals surface area (Å²) in [5.74, 6) is 4.82. The Morgan fingerprint density at radius 2 is 1.80 bits per heavy atom. The van der Waals surface area contributed by atoms with Crippen molar-refractivity contribution in [1.29, 1.82) is 0 Å². The molecule has 15 heavy (non-hydrogen) atoms. The fourth-order valence-electron chi connectivity index (χ4n) is 1.51. The molecule has 0 bridgehead atoms. The summed E-state index contributed by atoms with van der Waals surface area (Å²) < 4.78 is 15.7. The largest absolute Gasteiger partial charge is 0.375 e. The molecule has 78 valence electrons. The molecule has 0 fully saturated rings. The van der Waals surface area contributed by atoms with Gasteiger partial charge in [0.2, 0.25) is 0 Å². The van der Waals surface area contributed by atoms with E-state index >= 15 is 0 Å². The van der Waals surface area contributed by atoms with Gasteiger partial charge in [-0.3, -0.25) is 4.57 Å². The smallest absolute Gasteiger partial charge is 0.320 e. The first-order valence-electron chi connectivity index (χ1n) is 4.35. The van der Waals surface area contributed by atoms with Crippen molar-refractivity contribution in [2.75, 3.05) is 0 Å². The minimum Gasteiger partial charge on any atom is -0.320 e. The molecule has 0 aliphatic heterocycles. The highest BCUT2D eigenvalue weighted by atomic mass is 31.2. The third-order valence-electron chi connectivity index (χ3n) is 2.21. The maximum absolute atomic E-state index is 11.6. The third-order valence-corrected chi connectivity index (χ3v) is 3.50. The van der Waals surface area contributed by atoms with Crippen molar-refractivity contribution in [2.24, 2.45) is 5.90 Å². The van der Waals surface area contributed by atoms with Gasteiger partial charge in [0.25, 0.3) is 0 Å². The molecule has 2 aromatic carbocycles. The lowest BCUT2D eigenvalue weighted by molar-refractivity contribution is 0.278. The van der Waals surface area contributed by atoms with Crippen molar-refractivity contribution < 1.29 is 14.1 Å². The average molecular weight is 223 g/mol. The van der Waals surface area contributed by atoms with Crippen LogP contribution in [0.2, 0.25) is 0 Å². The summed E-state index contributed by atoms with van der Waals surface area (Å²) in [5, 5.41) is 1.78. The molecule has 1 unspecified atom stereocenters. The van der Waals surface area contributed by atoms with E-state index in [1.165, 1.54) is 6.07 Å². The Balaban J connectivity index is 2.77. The molecule has 3 N–H and O–H groups in total. The number of rotatable bonds is 2. The summed E-state index contributed by atoms with van der Waals surface area (Å²) in [6.45, 7) is 0. The van der Waals surface area contributed by atoms with E-state index in [1.54, 1.807) is 18.2 Å². The molecule has 0 radical (unpaired) electrons. The lowest BCUT2D eigenvalue weighted by atomic mass is 10.1. The van der Waals surface area contributed by atoms with Crippen LogP contribution in [0.4, 0.5) is 0 Å². The first kappa shape index (κ1) is 10.3. The van der Waals surface area contributed by atoms with Crippen LogP contribution in [0, 0.1) is 0 Å². The van der Waals surface area contributed by atoms with Crippen LogP contribution in [0.1, 0.15) is 0 Å². The fraction of sp³-hybridized carbons (Fsp3) is 0. The maximum atomic E-state index is 11.6. The molecule has 0 amide bonds. The standard InChI is InChI=1S/C10H10NO3P/c11-14-15(12,13)10-7-3-5-8-4-1-2-6-9(8)10/h1-7H,11H2,(H,12,13). The van der Waals surface area contributed by atoms with Gasteiger partial charge in [-0.05, 0) is 16.8 Å². The summed E-state index contributed by atoms with van der Waals surface area (Å²) in [4.78, 5) is 9.50. The number of hydrogen-bond acceptors (Lipinski definition) is 3. The van der Waals surface area contributed by atoms with E-state index in [9.17, 15) is 9.46 Å². The topological polar surface area (TPSA) is 72.5 Å². The van der Waals surface area contributed by atoms with Crippen LogP contribution in [0.3, 0.4) is 0 Å². The lowest BCUT2D eigenvalue weighted by Gasteiger charge is -2.10. The highest BCUT2D eigenvalue weighted by Gasteiger charge is 2.23. The first-order valence-corrected chi connectivity index (χ1v) is 5.92. The molecular weight excluding hydrogens is 213 g/mol. The van der Waals surface area contributed by atoms with E-state index in [4.69, 9.17) is 5.90 Å². The van der Waals surface area contributed by atoms with Gasteiger partial charge >= 0.3 is 7.60 Å². The molecule has 0 saturated heterocycles. The second kappa shape index (κ2) is 3.76. The molecule has 1 atom stereocenters.